The van der Waals surface area contributed by atoms with Crippen molar-refractivity contribution in [3.8, 4) is 5.75 Å². The Morgan fingerprint density at radius 1 is 1.28 bits per heavy atom. The highest BCUT2D eigenvalue weighted by atomic mass is 127. The average Bonchev–Trinajstić information content (AvgIpc) is 2.57. The van der Waals surface area contributed by atoms with E-state index in [4.69, 9.17) is 4.74 Å². The number of carbonyl (C=O) groups is 1. The Morgan fingerprint density at radius 3 is 2.52 bits per heavy atom. The van der Waals surface area contributed by atoms with Crippen LogP contribution in [0.5, 0.6) is 5.75 Å². The van der Waals surface area contributed by atoms with Crippen LogP contribution in [-0.2, 0) is 4.79 Å². The Labute approximate surface area is 166 Å². The molecule has 0 aromatic heterocycles. The summed E-state index contributed by atoms with van der Waals surface area (Å²) in [6.07, 6.45) is 0.493. The van der Waals surface area contributed by atoms with Crippen molar-refractivity contribution in [3.63, 3.8) is 0 Å². The fourth-order valence-electron chi connectivity index (χ4n) is 1.83. The van der Waals surface area contributed by atoms with Crippen molar-refractivity contribution in [2.75, 3.05) is 33.7 Å². The van der Waals surface area contributed by atoms with Gasteiger partial charge in [0.1, 0.15) is 12.6 Å². The van der Waals surface area contributed by atoms with Crippen LogP contribution in [0, 0.1) is 5.82 Å². The Balaban J connectivity index is 0.00000576. The minimum atomic E-state index is -0.381. The van der Waals surface area contributed by atoms with E-state index in [1.807, 2.05) is 13.8 Å². The molecular formula is C17H28FIN4O2. The summed E-state index contributed by atoms with van der Waals surface area (Å²) >= 11 is 0. The van der Waals surface area contributed by atoms with Gasteiger partial charge in [-0.05, 0) is 25.5 Å². The molecule has 1 amide bonds. The van der Waals surface area contributed by atoms with Gasteiger partial charge in [-0.3, -0.25) is 4.79 Å². The first kappa shape index (κ1) is 23.4. The first-order valence-electron chi connectivity index (χ1n) is 8.11. The molecule has 25 heavy (non-hydrogen) atoms. The van der Waals surface area contributed by atoms with E-state index in [1.54, 1.807) is 32.3 Å². The SMILES string of the molecule is CCNC(=NCC(=O)N(C)C)NCC(CC)Oc1ccccc1F.I. The van der Waals surface area contributed by atoms with Gasteiger partial charge in [0.25, 0.3) is 0 Å². The molecule has 0 saturated carbocycles. The lowest BCUT2D eigenvalue weighted by Crippen LogP contribution is -2.43. The van der Waals surface area contributed by atoms with Crippen LogP contribution < -0.4 is 15.4 Å². The normalized spacial score (nSPS) is 12.0. The summed E-state index contributed by atoms with van der Waals surface area (Å²) in [4.78, 5) is 17.3. The van der Waals surface area contributed by atoms with Crippen molar-refractivity contribution < 1.29 is 13.9 Å². The molecule has 8 heteroatoms. The number of ether oxygens (including phenoxy) is 1. The van der Waals surface area contributed by atoms with Gasteiger partial charge in [-0.1, -0.05) is 19.1 Å². The molecule has 0 fully saturated rings. The zero-order chi connectivity index (χ0) is 17.9. The summed E-state index contributed by atoms with van der Waals surface area (Å²) in [6, 6.07) is 6.33. The molecule has 1 rings (SSSR count). The van der Waals surface area contributed by atoms with E-state index in [0.717, 1.165) is 0 Å². The van der Waals surface area contributed by atoms with E-state index in [1.165, 1.54) is 11.0 Å². The number of guanidine groups is 1. The third-order valence-electron chi connectivity index (χ3n) is 3.30. The van der Waals surface area contributed by atoms with E-state index in [-0.39, 0.29) is 54.1 Å². The largest absolute Gasteiger partial charge is 0.486 e. The van der Waals surface area contributed by atoms with Gasteiger partial charge < -0.3 is 20.3 Å². The zero-order valence-corrected chi connectivity index (χ0v) is 17.5. The molecule has 142 valence electrons. The standard InChI is InChI=1S/C17H27FN4O2.HI/c1-5-13(24-15-10-8-7-9-14(15)18)11-20-17(19-6-2)21-12-16(23)22(3)4;/h7-10,13H,5-6,11-12H2,1-4H3,(H2,19,20,21);1H. The van der Waals surface area contributed by atoms with Gasteiger partial charge in [0.15, 0.2) is 17.5 Å². The molecule has 1 aromatic carbocycles. The van der Waals surface area contributed by atoms with E-state index < -0.39 is 0 Å². The number of hydrogen-bond donors (Lipinski definition) is 2. The predicted molar refractivity (Wildman–Crippen MR) is 109 cm³/mol. The molecule has 0 saturated heterocycles. The lowest BCUT2D eigenvalue weighted by atomic mass is 10.2. The number of hydrogen-bond acceptors (Lipinski definition) is 3. The van der Waals surface area contributed by atoms with Gasteiger partial charge in [0.2, 0.25) is 5.91 Å². The number of likely N-dealkylation sites (N-methyl/N-ethyl adjacent to an activating group) is 1. The van der Waals surface area contributed by atoms with Gasteiger partial charge in [-0.2, -0.15) is 0 Å². The Hall–Kier alpha value is -1.58. The number of aliphatic imine (C=N–C) groups is 1. The van der Waals surface area contributed by atoms with Crippen molar-refractivity contribution >= 4 is 35.8 Å². The van der Waals surface area contributed by atoms with E-state index in [0.29, 0.717) is 25.5 Å². The molecule has 6 nitrogen and oxygen atoms in total. The number of halogens is 2. The topological polar surface area (TPSA) is 66.0 Å². The van der Waals surface area contributed by atoms with Crippen molar-refractivity contribution in [1.82, 2.24) is 15.5 Å². The predicted octanol–water partition coefficient (Wildman–Crippen LogP) is 2.24. The highest BCUT2D eigenvalue weighted by Gasteiger charge is 2.12. The van der Waals surface area contributed by atoms with Gasteiger partial charge in [-0.25, -0.2) is 9.38 Å². The van der Waals surface area contributed by atoms with Crippen molar-refractivity contribution in [1.29, 1.82) is 0 Å². The molecule has 0 aliphatic rings. The van der Waals surface area contributed by atoms with Crippen LogP contribution in [0.1, 0.15) is 20.3 Å². The Kier molecular flexibility index (Phi) is 11.9. The summed E-state index contributed by atoms with van der Waals surface area (Å²) < 4.78 is 19.4. The van der Waals surface area contributed by atoms with Crippen molar-refractivity contribution in [2.45, 2.75) is 26.4 Å². The van der Waals surface area contributed by atoms with E-state index in [9.17, 15) is 9.18 Å². The minimum Gasteiger partial charge on any atom is -0.486 e. The summed E-state index contributed by atoms with van der Waals surface area (Å²) in [6.45, 7) is 5.10. The maximum absolute atomic E-state index is 13.7. The van der Waals surface area contributed by atoms with Gasteiger partial charge in [-0.15, -0.1) is 24.0 Å². The van der Waals surface area contributed by atoms with Crippen LogP contribution in [0.4, 0.5) is 4.39 Å². The quantitative estimate of drug-likeness (QED) is 0.351. The molecule has 0 heterocycles. The van der Waals surface area contributed by atoms with Gasteiger partial charge in [0, 0.05) is 20.6 Å². The summed E-state index contributed by atoms with van der Waals surface area (Å²) in [5.41, 5.74) is 0. The Morgan fingerprint density at radius 2 is 1.96 bits per heavy atom. The first-order chi connectivity index (χ1) is 11.5. The second-order valence-corrected chi connectivity index (χ2v) is 5.44. The average molecular weight is 466 g/mol. The maximum atomic E-state index is 13.7. The van der Waals surface area contributed by atoms with Gasteiger partial charge in [0.05, 0.1) is 6.54 Å². The fraction of sp³-hybridized carbons (Fsp3) is 0.529. The molecule has 1 aromatic rings. The number of para-hydroxylation sites is 1. The monoisotopic (exact) mass is 466 g/mol. The van der Waals surface area contributed by atoms with Crippen LogP contribution in [0.3, 0.4) is 0 Å². The van der Waals surface area contributed by atoms with Crippen LogP contribution in [0.25, 0.3) is 0 Å². The number of amides is 1. The fourth-order valence-corrected chi connectivity index (χ4v) is 1.83. The van der Waals surface area contributed by atoms with Crippen LogP contribution in [0.15, 0.2) is 29.3 Å². The van der Waals surface area contributed by atoms with Gasteiger partial charge >= 0.3 is 0 Å². The second kappa shape index (κ2) is 12.7. The third kappa shape index (κ3) is 8.89. The smallest absolute Gasteiger partial charge is 0.243 e. The van der Waals surface area contributed by atoms with E-state index in [2.05, 4.69) is 15.6 Å². The maximum Gasteiger partial charge on any atom is 0.243 e. The van der Waals surface area contributed by atoms with Crippen LogP contribution in [-0.4, -0.2) is 56.6 Å². The third-order valence-corrected chi connectivity index (χ3v) is 3.30. The number of carbonyl (C=O) groups excluding carboxylic acids is 1. The van der Waals surface area contributed by atoms with Crippen LogP contribution >= 0.6 is 24.0 Å². The highest BCUT2D eigenvalue weighted by Crippen LogP contribution is 2.17. The Bertz CT molecular complexity index is 555. The van der Waals surface area contributed by atoms with Crippen LogP contribution in [0.2, 0.25) is 0 Å². The number of nitrogens with one attached hydrogen (secondary N) is 2. The molecular weight excluding hydrogens is 438 g/mol. The zero-order valence-electron chi connectivity index (χ0n) is 15.2. The molecule has 1 atom stereocenters. The van der Waals surface area contributed by atoms with Crippen molar-refractivity contribution in [2.24, 2.45) is 4.99 Å². The number of rotatable bonds is 8. The molecule has 1 unspecified atom stereocenters. The molecule has 0 bridgehead atoms. The second-order valence-electron chi connectivity index (χ2n) is 5.44. The molecule has 0 aliphatic heterocycles. The lowest BCUT2D eigenvalue weighted by Gasteiger charge is -2.20. The van der Waals surface area contributed by atoms with Crippen molar-refractivity contribution in [3.05, 3.63) is 30.1 Å². The number of benzene rings is 1. The molecule has 0 aliphatic carbocycles. The first-order valence-corrected chi connectivity index (χ1v) is 8.11. The minimum absolute atomic E-state index is 0. The molecule has 0 radical (unpaired) electrons. The molecule has 0 spiro atoms. The number of nitrogens with zero attached hydrogens (tertiary/aromatic N) is 2. The summed E-state index contributed by atoms with van der Waals surface area (Å²) in [7, 11) is 3.38. The highest BCUT2D eigenvalue weighted by molar-refractivity contribution is 14.0. The summed E-state index contributed by atoms with van der Waals surface area (Å²) in [5, 5.41) is 6.20. The van der Waals surface area contributed by atoms with E-state index >= 15 is 0 Å². The summed E-state index contributed by atoms with van der Waals surface area (Å²) in [5.74, 6) is 0.300. The molecule has 2 N–H and O–H groups in total. The lowest BCUT2D eigenvalue weighted by molar-refractivity contribution is -0.127.